The van der Waals surface area contributed by atoms with Crippen LogP contribution in [0.15, 0.2) is 36.4 Å². The topological polar surface area (TPSA) is 76.0 Å². The van der Waals surface area contributed by atoms with Crippen molar-refractivity contribution in [1.82, 2.24) is 0 Å². The van der Waals surface area contributed by atoms with Crippen molar-refractivity contribution in [3.63, 3.8) is 0 Å². The predicted molar refractivity (Wildman–Crippen MR) is 88.2 cm³/mol. The molecule has 0 aliphatic rings. The molecule has 0 spiro atoms. The Labute approximate surface area is 134 Å². The molecule has 0 bridgehead atoms. The van der Waals surface area contributed by atoms with Gasteiger partial charge in [0.05, 0.1) is 19.3 Å². The fraction of sp³-hybridized carbons (Fsp3) is 0.167. The van der Waals surface area contributed by atoms with Gasteiger partial charge in [0.25, 0.3) is 0 Å². The second kappa shape index (κ2) is 7.35. The smallest absolute Gasteiger partial charge is 0.335 e. The molecular formula is C18H18O5. The first kappa shape index (κ1) is 16.4. The number of aromatic hydroxyl groups is 1. The van der Waals surface area contributed by atoms with Crippen LogP contribution in [0.25, 0.3) is 12.2 Å². The van der Waals surface area contributed by atoms with Crippen molar-refractivity contribution in [1.29, 1.82) is 0 Å². The van der Waals surface area contributed by atoms with E-state index in [-0.39, 0.29) is 11.3 Å². The summed E-state index contributed by atoms with van der Waals surface area (Å²) >= 11 is 0. The summed E-state index contributed by atoms with van der Waals surface area (Å²) in [5.41, 5.74) is 1.84. The Balaban J connectivity index is 2.31. The van der Waals surface area contributed by atoms with Crippen molar-refractivity contribution >= 4 is 18.1 Å². The summed E-state index contributed by atoms with van der Waals surface area (Å²) in [6.45, 7) is 2.33. The number of methoxy groups -OCH3 is 1. The van der Waals surface area contributed by atoms with E-state index in [0.29, 0.717) is 18.1 Å². The highest BCUT2D eigenvalue weighted by Crippen LogP contribution is 2.34. The molecule has 0 saturated carbocycles. The van der Waals surface area contributed by atoms with Gasteiger partial charge in [-0.3, -0.25) is 0 Å². The Morgan fingerprint density at radius 3 is 2.39 bits per heavy atom. The summed E-state index contributed by atoms with van der Waals surface area (Å²) in [7, 11) is 1.48. The first-order valence-corrected chi connectivity index (χ1v) is 7.10. The summed E-state index contributed by atoms with van der Waals surface area (Å²) in [6.07, 6.45) is 3.66. The standard InChI is InChI=1S/C18H18O5/c1-3-23-16-11-15(19)17(22-2)10-14(16)9-6-12-4-7-13(8-5-12)18(20)21/h4-11,19H,3H2,1-2H3,(H,20,21)/b9-6+. The molecule has 2 N–H and O–H groups in total. The molecule has 0 aliphatic carbocycles. The van der Waals surface area contributed by atoms with Crippen LogP contribution < -0.4 is 9.47 Å². The van der Waals surface area contributed by atoms with Crippen molar-refractivity contribution < 1.29 is 24.5 Å². The molecule has 0 fully saturated rings. The maximum absolute atomic E-state index is 10.8. The highest BCUT2D eigenvalue weighted by molar-refractivity contribution is 5.88. The minimum Gasteiger partial charge on any atom is -0.504 e. The Hall–Kier alpha value is -2.95. The molecule has 5 nitrogen and oxygen atoms in total. The van der Waals surface area contributed by atoms with Crippen molar-refractivity contribution in [2.24, 2.45) is 0 Å². The van der Waals surface area contributed by atoms with Gasteiger partial charge in [-0.05, 0) is 30.7 Å². The molecule has 0 aromatic heterocycles. The van der Waals surface area contributed by atoms with E-state index in [1.165, 1.54) is 13.2 Å². The number of rotatable bonds is 6. The molecule has 23 heavy (non-hydrogen) atoms. The number of ether oxygens (including phenoxy) is 2. The lowest BCUT2D eigenvalue weighted by Gasteiger charge is -2.11. The van der Waals surface area contributed by atoms with Gasteiger partial charge in [0.2, 0.25) is 0 Å². The van der Waals surface area contributed by atoms with Gasteiger partial charge in [-0.1, -0.05) is 24.3 Å². The van der Waals surface area contributed by atoms with Crippen LogP contribution in [0.4, 0.5) is 0 Å². The van der Waals surface area contributed by atoms with Gasteiger partial charge in [0.1, 0.15) is 5.75 Å². The fourth-order valence-electron chi connectivity index (χ4n) is 2.06. The van der Waals surface area contributed by atoms with Gasteiger partial charge in [0, 0.05) is 11.6 Å². The van der Waals surface area contributed by atoms with E-state index in [1.54, 1.807) is 30.3 Å². The minimum absolute atomic E-state index is 0.0129. The zero-order valence-electron chi connectivity index (χ0n) is 12.9. The van der Waals surface area contributed by atoms with Crippen LogP contribution in [0, 0.1) is 0 Å². The number of phenolic OH excluding ortho intramolecular Hbond substituents is 1. The third-order valence-corrected chi connectivity index (χ3v) is 3.22. The van der Waals surface area contributed by atoms with E-state index >= 15 is 0 Å². The van der Waals surface area contributed by atoms with E-state index in [0.717, 1.165) is 11.1 Å². The number of hydrogen-bond acceptors (Lipinski definition) is 4. The molecule has 2 aromatic carbocycles. The summed E-state index contributed by atoms with van der Waals surface area (Å²) < 4.78 is 10.6. The third-order valence-electron chi connectivity index (χ3n) is 3.22. The Morgan fingerprint density at radius 1 is 1.13 bits per heavy atom. The molecule has 0 saturated heterocycles. The van der Waals surface area contributed by atoms with Gasteiger partial charge in [0.15, 0.2) is 11.5 Å². The highest BCUT2D eigenvalue weighted by Gasteiger charge is 2.09. The SMILES string of the molecule is CCOc1cc(O)c(OC)cc1/C=C/c1ccc(C(=O)O)cc1. The third kappa shape index (κ3) is 4.03. The van der Waals surface area contributed by atoms with Gasteiger partial charge < -0.3 is 19.7 Å². The van der Waals surface area contributed by atoms with Crippen molar-refractivity contribution in [3.05, 3.63) is 53.1 Å². The molecule has 5 heteroatoms. The van der Waals surface area contributed by atoms with E-state index in [1.807, 2.05) is 19.1 Å². The van der Waals surface area contributed by atoms with E-state index in [2.05, 4.69) is 0 Å². The molecule has 0 unspecified atom stereocenters. The Kier molecular flexibility index (Phi) is 5.25. The number of aromatic carboxylic acids is 1. The molecule has 2 aromatic rings. The van der Waals surface area contributed by atoms with Crippen molar-refractivity contribution in [3.8, 4) is 17.2 Å². The Morgan fingerprint density at radius 2 is 1.83 bits per heavy atom. The number of carbonyl (C=O) groups is 1. The zero-order chi connectivity index (χ0) is 16.8. The molecule has 0 heterocycles. The van der Waals surface area contributed by atoms with Gasteiger partial charge in [-0.25, -0.2) is 4.79 Å². The Bertz CT molecular complexity index is 717. The lowest BCUT2D eigenvalue weighted by molar-refractivity contribution is 0.0697. The number of hydrogen-bond donors (Lipinski definition) is 2. The van der Waals surface area contributed by atoms with Crippen LogP contribution >= 0.6 is 0 Å². The fourth-order valence-corrected chi connectivity index (χ4v) is 2.06. The second-order valence-electron chi connectivity index (χ2n) is 4.76. The lowest BCUT2D eigenvalue weighted by Crippen LogP contribution is -1.95. The van der Waals surface area contributed by atoms with Gasteiger partial charge >= 0.3 is 5.97 Å². The number of phenols is 1. The second-order valence-corrected chi connectivity index (χ2v) is 4.76. The molecule has 0 radical (unpaired) electrons. The number of carboxylic acid groups (broad SMARTS) is 1. The van der Waals surface area contributed by atoms with Crippen LogP contribution in [0.2, 0.25) is 0 Å². The average molecular weight is 314 g/mol. The summed E-state index contributed by atoms with van der Waals surface area (Å²) in [5.74, 6) is -0.0418. The van der Waals surface area contributed by atoms with Crippen molar-refractivity contribution in [2.45, 2.75) is 6.92 Å². The summed E-state index contributed by atoms with van der Waals surface area (Å²) in [4.78, 5) is 10.8. The lowest BCUT2D eigenvalue weighted by atomic mass is 10.1. The quantitative estimate of drug-likeness (QED) is 0.796. The summed E-state index contributed by atoms with van der Waals surface area (Å²) in [6, 6.07) is 9.72. The first-order valence-electron chi connectivity index (χ1n) is 7.10. The molecular weight excluding hydrogens is 296 g/mol. The van der Waals surface area contributed by atoms with Crippen LogP contribution in [0.1, 0.15) is 28.4 Å². The molecule has 0 aliphatic heterocycles. The molecule has 0 amide bonds. The van der Waals surface area contributed by atoms with Crippen LogP contribution in [0.5, 0.6) is 17.2 Å². The number of carboxylic acids is 1. The number of benzene rings is 2. The maximum Gasteiger partial charge on any atom is 0.335 e. The van der Waals surface area contributed by atoms with E-state index in [4.69, 9.17) is 14.6 Å². The first-order chi connectivity index (χ1) is 11.0. The van der Waals surface area contributed by atoms with Crippen LogP contribution in [0.3, 0.4) is 0 Å². The van der Waals surface area contributed by atoms with Crippen molar-refractivity contribution in [2.75, 3.05) is 13.7 Å². The normalized spacial score (nSPS) is 10.7. The minimum atomic E-state index is -0.956. The highest BCUT2D eigenvalue weighted by atomic mass is 16.5. The molecule has 0 atom stereocenters. The monoisotopic (exact) mass is 314 g/mol. The maximum atomic E-state index is 10.8. The molecule has 120 valence electrons. The van der Waals surface area contributed by atoms with Crippen LogP contribution in [-0.4, -0.2) is 29.9 Å². The average Bonchev–Trinajstić information content (AvgIpc) is 2.54. The van der Waals surface area contributed by atoms with Crippen LogP contribution in [-0.2, 0) is 0 Å². The summed E-state index contributed by atoms with van der Waals surface area (Å²) in [5, 5.41) is 18.7. The van der Waals surface area contributed by atoms with E-state index in [9.17, 15) is 9.90 Å². The molecule has 2 rings (SSSR count). The largest absolute Gasteiger partial charge is 0.504 e. The van der Waals surface area contributed by atoms with E-state index < -0.39 is 5.97 Å². The van der Waals surface area contributed by atoms with Gasteiger partial charge in [-0.15, -0.1) is 0 Å². The zero-order valence-corrected chi connectivity index (χ0v) is 12.9. The predicted octanol–water partition coefficient (Wildman–Crippen LogP) is 3.67. The van der Waals surface area contributed by atoms with Gasteiger partial charge in [-0.2, -0.15) is 0 Å².